The maximum Gasteiger partial charge on any atom is 0.0667 e. The van der Waals surface area contributed by atoms with E-state index in [1.165, 1.54) is 22.5 Å². The zero-order valence-corrected chi connectivity index (χ0v) is 9.39. The largest absolute Gasteiger partial charge is 0.257 e. The Balaban J connectivity index is 2.55. The van der Waals surface area contributed by atoms with Gasteiger partial charge in [0.1, 0.15) is 0 Å². The van der Waals surface area contributed by atoms with Gasteiger partial charge in [-0.2, -0.15) is 0 Å². The molecule has 0 amide bonds. The predicted octanol–water partition coefficient (Wildman–Crippen LogP) is 3.63. The number of fused-ring (bicyclic) bond motifs is 1. The molecule has 14 heavy (non-hydrogen) atoms. The Kier molecular flexibility index (Phi) is 1.99. The van der Waals surface area contributed by atoms with Crippen LogP contribution in [0, 0.1) is 0 Å². The van der Waals surface area contributed by atoms with Gasteiger partial charge in [-0.15, -0.1) is 0 Å². The molecule has 0 aromatic heterocycles. The van der Waals surface area contributed by atoms with Gasteiger partial charge in [-0.05, 0) is 29.5 Å². The van der Waals surface area contributed by atoms with E-state index in [1.807, 2.05) is 0 Å². The smallest absolute Gasteiger partial charge is 0.0667 e. The molecular weight excluding hydrogens is 170 g/mol. The molecule has 0 N–H and O–H groups in total. The average molecular weight is 187 g/mol. The molecule has 0 bridgehead atoms. The van der Waals surface area contributed by atoms with Crippen molar-refractivity contribution in [2.75, 3.05) is 0 Å². The van der Waals surface area contributed by atoms with Gasteiger partial charge in [0.25, 0.3) is 0 Å². The van der Waals surface area contributed by atoms with Gasteiger partial charge >= 0.3 is 0 Å². The Bertz CT molecular complexity index is 394. The van der Waals surface area contributed by atoms with Crippen LogP contribution in [0.15, 0.2) is 23.2 Å². The molecule has 1 aliphatic rings. The summed E-state index contributed by atoms with van der Waals surface area (Å²) in [6.45, 7) is 8.88. The van der Waals surface area contributed by atoms with Crippen molar-refractivity contribution in [3.8, 4) is 0 Å². The van der Waals surface area contributed by atoms with Crippen molar-refractivity contribution in [2.24, 2.45) is 4.99 Å². The monoisotopic (exact) mass is 187 g/mol. The van der Waals surface area contributed by atoms with Gasteiger partial charge < -0.3 is 0 Å². The highest BCUT2D eigenvalue weighted by Crippen LogP contribution is 2.35. The Labute approximate surface area is 85.9 Å². The molecule has 0 atom stereocenters. The Hall–Kier alpha value is -1.11. The number of nitrogens with zero attached hydrogens (tertiary/aromatic N) is 1. The maximum absolute atomic E-state index is 4.54. The molecule has 1 aromatic rings. The van der Waals surface area contributed by atoms with Crippen LogP contribution in [-0.2, 0) is 11.8 Å². The lowest BCUT2D eigenvalue weighted by molar-refractivity contribution is 0.586. The van der Waals surface area contributed by atoms with E-state index in [9.17, 15) is 0 Å². The molecule has 1 heterocycles. The van der Waals surface area contributed by atoms with E-state index < -0.39 is 0 Å². The summed E-state index contributed by atoms with van der Waals surface area (Å²) in [7, 11) is 0. The van der Waals surface area contributed by atoms with Crippen LogP contribution < -0.4 is 0 Å². The molecule has 1 aromatic carbocycles. The minimum absolute atomic E-state index is 0.228. The molecule has 0 unspecified atom stereocenters. The lowest BCUT2D eigenvalue weighted by Crippen LogP contribution is -2.14. The number of aliphatic imine (C=N–C) groups is 1. The van der Waals surface area contributed by atoms with Crippen LogP contribution >= 0.6 is 0 Å². The van der Waals surface area contributed by atoms with Gasteiger partial charge in [0, 0.05) is 12.1 Å². The van der Waals surface area contributed by atoms with Crippen molar-refractivity contribution in [3.05, 3.63) is 29.3 Å². The first-order valence-electron chi connectivity index (χ1n) is 5.15. The highest BCUT2D eigenvalue weighted by Gasteiger charge is 2.22. The molecule has 0 saturated heterocycles. The first-order chi connectivity index (χ1) is 6.48. The Morgan fingerprint density at radius 1 is 1.21 bits per heavy atom. The van der Waals surface area contributed by atoms with Crippen LogP contribution in [0.1, 0.15) is 38.8 Å². The predicted molar refractivity (Wildman–Crippen MR) is 61.6 cm³/mol. The van der Waals surface area contributed by atoms with Crippen LogP contribution in [0.2, 0.25) is 0 Å². The van der Waals surface area contributed by atoms with Gasteiger partial charge in [-0.25, -0.2) is 0 Å². The molecule has 0 fully saturated rings. The molecule has 2 rings (SSSR count). The van der Waals surface area contributed by atoms with Gasteiger partial charge in [0.15, 0.2) is 0 Å². The molecule has 1 nitrogen and oxygen atoms in total. The van der Waals surface area contributed by atoms with Crippen LogP contribution in [0.4, 0.5) is 5.69 Å². The van der Waals surface area contributed by atoms with E-state index >= 15 is 0 Å². The van der Waals surface area contributed by atoms with E-state index in [0.29, 0.717) is 0 Å². The molecule has 1 heteroatoms. The third-order valence-corrected chi connectivity index (χ3v) is 2.70. The van der Waals surface area contributed by atoms with Gasteiger partial charge in [0.2, 0.25) is 0 Å². The fourth-order valence-electron chi connectivity index (χ4n) is 2.07. The molecule has 0 aliphatic carbocycles. The van der Waals surface area contributed by atoms with E-state index in [4.69, 9.17) is 0 Å². The van der Waals surface area contributed by atoms with E-state index in [-0.39, 0.29) is 5.41 Å². The van der Waals surface area contributed by atoms with Crippen LogP contribution in [0.25, 0.3) is 0 Å². The average Bonchev–Trinajstić information content (AvgIpc) is 2.41. The summed E-state index contributed by atoms with van der Waals surface area (Å²) < 4.78 is 0. The number of hydrogen-bond acceptors (Lipinski definition) is 1. The van der Waals surface area contributed by atoms with Crippen molar-refractivity contribution >= 4 is 11.4 Å². The second-order valence-corrected chi connectivity index (χ2v) is 5.08. The Morgan fingerprint density at radius 2 is 1.93 bits per heavy atom. The second kappa shape index (κ2) is 2.94. The quantitative estimate of drug-likeness (QED) is 0.588. The summed E-state index contributed by atoms with van der Waals surface area (Å²) in [5, 5.41) is 0. The zero-order valence-electron chi connectivity index (χ0n) is 9.39. The number of benzene rings is 1. The highest BCUT2D eigenvalue weighted by atomic mass is 14.8. The molecule has 0 saturated carbocycles. The van der Waals surface area contributed by atoms with Gasteiger partial charge in [-0.3, -0.25) is 4.99 Å². The molecule has 74 valence electrons. The van der Waals surface area contributed by atoms with Crippen molar-refractivity contribution in [2.45, 2.75) is 39.5 Å². The minimum Gasteiger partial charge on any atom is -0.257 e. The summed E-state index contributed by atoms with van der Waals surface area (Å²) >= 11 is 0. The van der Waals surface area contributed by atoms with Crippen molar-refractivity contribution in [1.29, 1.82) is 0 Å². The number of rotatable bonds is 0. The molecular formula is C13H17N. The SMILES string of the molecule is CC1=Nc2cccc(C(C)(C)C)c2C1. The van der Waals surface area contributed by atoms with Crippen molar-refractivity contribution < 1.29 is 0 Å². The first kappa shape index (κ1) is 9.45. The van der Waals surface area contributed by atoms with Crippen molar-refractivity contribution in [1.82, 2.24) is 0 Å². The summed E-state index contributed by atoms with van der Waals surface area (Å²) in [4.78, 5) is 4.54. The van der Waals surface area contributed by atoms with E-state index in [1.54, 1.807) is 0 Å². The molecule has 0 spiro atoms. The normalized spacial score (nSPS) is 15.3. The van der Waals surface area contributed by atoms with E-state index in [2.05, 4.69) is 50.9 Å². The minimum atomic E-state index is 0.228. The van der Waals surface area contributed by atoms with Crippen molar-refractivity contribution in [3.63, 3.8) is 0 Å². The van der Waals surface area contributed by atoms with Crippen LogP contribution in [-0.4, -0.2) is 5.71 Å². The summed E-state index contributed by atoms with van der Waals surface area (Å²) in [5.41, 5.74) is 5.51. The topological polar surface area (TPSA) is 12.4 Å². The third-order valence-electron chi connectivity index (χ3n) is 2.70. The highest BCUT2D eigenvalue weighted by molar-refractivity contribution is 5.92. The van der Waals surface area contributed by atoms with Crippen LogP contribution in [0.5, 0.6) is 0 Å². The standard InChI is InChI=1S/C13H17N/c1-9-8-10-11(13(2,3)4)6-5-7-12(10)14-9/h5-7H,8H2,1-4H3. The third kappa shape index (κ3) is 1.47. The fraction of sp³-hybridized carbons (Fsp3) is 0.462. The first-order valence-corrected chi connectivity index (χ1v) is 5.15. The summed E-state index contributed by atoms with van der Waals surface area (Å²) in [5.74, 6) is 0. The fourth-order valence-corrected chi connectivity index (χ4v) is 2.07. The summed E-state index contributed by atoms with van der Waals surface area (Å²) in [6, 6.07) is 6.45. The number of hydrogen-bond donors (Lipinski definition) is 0. The lowest BCUT2D eigenvalue weighted by atomic mass is 9.82. The maximum atomic E-state index is 4.54. The second-order valence-electron chi connectivity index (χ2n) is 5.08. The van der Waals surface area contributed by atoms with Crippen LogP contribution in [0.3, 0.4) is 0 Å². The Morgan fingerprint density at radius 3 is 2.57 bits per heavy atom. The van der Waals surface area contributed by atoms with Gasteiger partial charge in [0.05, 0.1) is 5.69 Å². The van der Waals surface area contributed by atoms with E-state index in [0.717, 1.165) is 6.42 Å². The zero-order chi connectivity index (χ0) is 10.3. The van der Waals surface area contributed by atoms with Gasteiger partial charge in [-0.1, -0.05) is 32.9 Å². The molecule has 1 aliphatic heterocycles. The summed E-state index contributed by atoms with van der Waals surface area (Å²) in [6.07, 6.45) is 1.03. The molecule has 0 radical (unpaired) electrons. The lowest BCUT2D eigenvalue weighted by Gasteiger charge is -2.22.